The van der Waals surface area contributed by atoms with Crippen LogP contribution in [0.1, 0.15) is 21.6 Å². The second-order valence-electron chi connectivity index (χ2n) is 6.83. The molecule has 2 aromatic carbocycles. The van der Waals surface area contributed by atoms with Gasteiger partial charge in [-0.25, -0.2) is 8.78 Å². The number of benzene rings is 2. The van der Waals surface area contributed by atoms with Crippen molar-refractivity contribution in [3.05, 3.63) is 91.8 Å². The molecule has 0 saturated heterocycles. The van der Waals surface area contributed by atoms with Gasteiger partial charge in [-0.3, -0.25) is 19.0 Å². The average Bonchev–Trinajstić information content (AvgIpc) is 2.75. The lowest BCUT2D eigenvalue weighted by Crippen LogP contribution is -2.33. The maximum atomic E-state index is 13.8. The normalized spacial score (nSPS) is 10.6. The van der Waals surface area contributed by atoms with E-state index in [1.807, 2.05) is 0 Å². The first kappa shape index (κ1) is 23.1. The van der Waals surface area contributed by atoms with Crippen molar-refractivity contribution in [2.24, 2.45) is 5.73 Å². The van der Waals surface area contributed by atoms with E-state index >= 15 is 0 Å². The van der Waals surface area contributed by atoms with Gasteiger partial charge in [-0.15, -0.1) is 0 Å². The molecule has 166 valence electrons. The third kappa shape index (κ3) is 5.20. The fourth-order valence-electron chi connectivity index (χ4n) is 2.96. The summed E-state index contributed by atoms with van der Waals surface area (Å²) in [6, 6.07) is 11.0. The van der Waals surface area contributed by atoms with E-state index in [9.17, 15) is 23.2 Å². The molecule has 0 aliphatic heterocycles. The van der Waals surface area contributed by atoms with Crippen LogP contribution in [-0.4, -0.2) is 22.9 Å². The van der Waals surface area contributed by atoms with Crippen LogP contribution in [0.2, 0.25) is 0 Å². The van der Waals surface area contributed by atoms with Gasteiger partial charge in [0.2, 0.25) is 5.91 Å². The van der Waals surface area contributed by atoms with Crippen molar-refractivity contribution in [2.75, 3.05) is 6.54 Å². The lowest BCUT2D eigenvalue weighted by molar-refractivity contribution is -0.117. The van der Waals surface area contributed by atoms with Gasteiger partial charge < -0.3 is 15.8 Å². The van der Waals surface area contributed by atoms with Gasteiger partial charge >= 0.3 is 0 Å². The number of nitrogens with zero attached hydrogens (tertiary/aromatic N) is 1. The molecule has 3 rings (SSSR count). The molecule has 32 heavy (non-hydrogen) atoms. The van der Waals surface area contributed by atoms with E-state index in [4.69, 9.17) is 10.5 Å². The summed E-state index contributed by atoms with van der Waals surface area (Å²) in [7, 11) is 0. The van der Waals surface area contributed by atoms with Gasteiger partial charge in [-0.1, -0.05) is 6.07 Å². The number of carbonyl (C=O) groups is 2. The number of amides is 2. The number of aryl methyl sites for hydroxylation is 1. The Bertz CT molecular complexity index is 1260. The van der Waals surface area contributed by atoms with Crippen LogP contribution in [0.4, 0.5) is 8.78 Å². The standard InChI is InChI=1S/C22H18BrF2N3O4/c1-12-7-18(32-11-14-5-6-15(24)9-17(14)25)20(23)22(31)28(12)16-4-2-3-13(8-16)21(30)27-10-19(26)29/h2-9H,10-11H2,1H3,(H2,26,29)(H,27,30). The zero-order valence-electron chi connectivity index (χ0n) is 16.8. The number of nitrogens with one attached hydrogen (secondary N) is 1. The van der Waals surface area contributed by atoms with E-state index in [1.165, 1.54) is 22.8 Å². The van der Waals surface area contributed by atoms with Crippen molar-refractivity contribution in [3.63, 3.8) is 0 Å². The summed E-state index contributed by atoms with van der Waals surface area (Å²) in [6.07, 6.45) is 0. The summed E-state index contributed by atoms with van der Waals surface area (Å²) >= 11 is 3.21. The van der Waals surface area contributed by atoms with Gasteiger partial charge in [0.15, 0.2) is 0 Å². The monoisotopic (exact) mass is 505 g/mol. The first-order valence-electron chi connectivity index (χ1n) is 9.33. The Kier molecular flexibility index (Phi) is 7.04. The molecule has 0 unspecified atom stereocenters. The lowest BCUT2D eigenvalue weighted by Gasteiger charge is -2.15. The Morgan fingerprint density at radius 3 is 2.59 bits per heavy atom. The number of carbonyl (C=O) groups excluding carboxylic acids is 2. The van der Waals surface area contributed by atoms with E-state index in [-0.39, 0.29) is 34.5 Å². The fraction of sp³-hybridized carbons (Fsp3) is 0.136. The molecule has 0 atom stereocenters. The molecule has 0 spiro atoms. The quantitative estimate of drug-likeness (QED) is 0.515. The fourth-order valence-corrected chi connectivity index (χ4v) is 3.36. The molecule has 0 bridgehead atoms. The smallest absolute Gasteiger partial charge is 0.273 e. The van der Waals surface area contributed by atoms with Gasteiger partial charge in [0.1, 0.15) is 28.5 Å². The van der Waals surface area contributed by atoms with Crippen LogP contribution in [0.3, 0.4) is 0 Å². The number of primary amides is 1. The van der Waals surface area contributed by atoms with E-state index < -0.39 is 29.0 Å². The molecule has 0 aliphatic rings. The molecule has 1 aromatic heterocycles. The Labute approximate surface area is 189 Å². The third-order valence-electron chi connectivity index (χ3n) is 4.49. The molecular weight excluding hydrogens is 488 g/mol. The number of halogens is 3. The minimum atomic E-state index is -0.752. The highest BCUT2D eigenvalue weighted by Gasteiger charge is 2.16. The van der Waals surface area contributed by atoms with Gasteiger partial charge in [0.25, 0.3) is 11.5 Å². The minimum Gasteiger partial charge on any atom is -0.487 e. The molecule has 10 heteroatoms. The molecule has 0 fully saturated rings. The van der Waals surface area contributed by atoms with Crippen LogP contribution < -0.4 is 21.3 Å². The Morgan fingerprint density at radius 1 is 1.16 bits per heavy atom. The molecule has 2 amide bonds. The number of pyridine rings is 1. The number of aromatic nitrogens is 1. The topological polar surface area (TPSA) is 103 Å². The van der Waals surface area contributed by atoms with Crippen LogP contribution in [0.5, 0.6) is 5.75 Å². The first-order chi connectivity index (χ1) is 15.2. The highest BCUT2D eigenvalue weighted by molar-refractivity contribution is 9.10. The van der Waals surface area contributed by atoms with Crippen LogP contribution in [0.15, 0.2) is 57.8 Å². The zero-order chi connectivity index (χ0) is 23.4. The van der Waals surface area contributed by atoms with Gasteiger partial charge in [0.05, 0.1) is 6.54 Å². The van der Waals surface area contributed by atoms with Gasteiger partial charge in [-0.05, 0) is 53.2 Å². The molecule has 3 aromatic rings. The van der Waals surface area contributed by atoms with Crippen molar-refractivity contribution >= 4 is 27.7 Å². The average molecular weight is 506 g/mol. The van der Waals surface area contributed by atoms with E-state index in [0.717, 1.165) is 12.1 Å². The largest absolute Gasteiger partial charge is 0.487 e. The summed E-state index contributed by atoms with van der Waals surface area (Å²) in [5, 5.41) is 2.38. The number of hydrogen-bond donors (Lipinski definition) is 2. The van der Waals surface area contributed by atoms with E-state index in [1.54, 1.807) is 25.1 Å². The summed E-state index contributed by atoms with van der Waals surface area (Å²) in [5.41, 5.74) is 5.84. The zero-order valence-corrected chi connectivity index (χ0v) is 18.4. The molecule has 0 radical (unpaired) electrons. The van der Waals surface area contributed by atoms with Crippen molar-refractivity contribution in [3.8, 4) is 11.4 Å². The Morgan fingerprint density at radius 2 is 1.91 bits per heavy atom. The Balaban J connectivity index is 1.89. The summed E-state index contributed by atoms with van der Waals surface area (Å²) < 4.78 is 33.9. The van der Waals surface area contributed by atoms with Crippen molar-refractivity contribution in [2.45, 2.75) is 13.5 Å². The number of ether oxygens (including phenoxy) is 1. The highest BCUT2D eigenvalue weighted by Crippen LogP contribution is 2.25. The second kappa shape index (κ2) is 9.73. The van der Waals surface area contributed by atoms with Crippen LogP contribution in [-0.2, 0) is 11.4 Å². The third-order valence-corrected chi connectivity index (χ3v) is 5.22. The SMILES string of the molecule is Cc1cc(OCc2ccc(F)cc2F)c(Br)c(=O)n1-c1cccc(C(=O)NCC(N)=O)c1. The van der Waals surface area contributed by atoms with Gasteiger partial charge in [-0.2, -0.15) is 0 Å². The van der Waals surface area contributed by atoms with Crippen molar-refractivity contribution < 1.29 is 23.1 Å². The number of nitrogens with two attached hydrogens (primary N) is 1. The van der Waals surface area contributed by atoms with Crippen LogP contribution >= 0.6 is 15.9 Å². The highest BCUT2D eigenvalue weighted by atomic mass is 79.9. The molecule has 1 heterocycles. The second-order valence-corrected chi connectivity index (χ2v) is 7.62. The number of rotatable bonds is 7. The summed E-state index contributed by atoms with van der Waals surface area (Å²) in [5.74, 6) is -2.46. The summed E-state index contributed by atoms with van der Waals surface area (Å²) in [6.45, 7) is 1.15. The lowest BCUT2D eigenvalue weighted by atomic mass is 10.1. The maximum Gasteiger partial charge on any atom is 0.273 e. The maximum absolute atomic E-state index is 13.8. The molecule has 7 nitrogen and oxygen atoms in total. The molecule has 0 aliphatic carbocycles. The van der Waals surface area contributed by atoms with Crippen LogP contribution in [0, 0.1) is 18.6 Å². The van der Waals surface area contributed by atoms with Crippen molar-refractivity contribution in [1.82, 2.24) is 9.88 Å². The first-order valence-corrected chi connectivity index (χ1v) is 10.1. The minimum absolute atomic E-state index is 0.0919. The molecule has 3 N–H and O–H groups in total. The summed E-state index contributed by atoms with van der Waals surface area (Å²) in [4.78, 5) is 36.1. The number of hydrogen-bond acceptors (Lipinski definition) is 4. The van der Waals surface area contributed by atoms with Gasteiger partial charge in [0, 0.05) is 34.6 Å². The Hall–Kier alpha value is -3.53. The van der Waals surface area contributed by atoms with E-state index in [0.29, 0.717) is 11.4 Å². The predicted octanol–water partition coefficient (Wildman–Crippen LogP) is 2.98. The molecular formula is C22H18BrF2N3O4. The van der Waals surface area contributed by atoms with Crippen LogP contribution in [0.25, 0.3) is 5.69 Å². The molecule has 0 saturated carbocycles. The van der Waals surface area contributed by atoms with E-state index in [2.05, 4.69) is 21.2 Å². The van der Waals surface area contributed by atoms with Crippen molar-refractivity contribution in [1.29, 1.82) is 0 Å². The predicted molar refractivity (Wildman–Crippen MR) is 117 cm³/mol.